The number of carboxylic acid groups (broad SMARTS) is 1. The molecule has 0 saturated heterocycles. The highest BCUT2D eigenvalue weighted by molar-refractivity contribution is 5.93. The van der Waals surface area contributed by atoms with E-state index in [9.17, 15) is 9.59 Å². The minimum atomic E-state index is -1.31. The lowest BCUT2D eigenvalue weighted by atomic mass is 10.1. The molecule has 1 aromatic heterocycles. The number of anilines is 1. The Bertz CT molecular complexity index is 1010. The first-order valence-electron chi connectivity index (χ1n) is 7.89. The third-order valence-corrected chi connectivity index (χ3v) is 4.22. The van der Waals surface area contributed by atoms with E-state index in [1.165, 1.54) is 6.07 Å². The minimum Gasteiger partial charge on any atom is -0.490 e. The highest BCUT2D eigenvalue weighted by Gasteiger charge is 2.21. The summed E-state index contributed by atoms with van der Waals surface area (Å²) < 4.78 is 10.9. The van der Waals surface area contributed by atoms with Gasteiger partial charge in [-0.2, -0.15) is 0 Å². The number of ether oxygens (including phenoxy) is 1. The Morgan fingerprint density at radius 3 is 2.72 bits per heavy atom. The molecule has 0 aliphatic carbocycles. The first kappa shape index (κ1) is 15.3. The van der Waals surface area contributed by atoms with Crippen LogP contribution in [0.25, 0.3) is 11.0 Å². The third kappa shape index (κ3) is 2.82. The van der Waals surface area contributed by atoms with E-state index >= 15 is 0 Å². The minimum absolute atomic E-state index is 0.345. The van der Waals surface area contributed by atoms with Gasteiger partial charge in [-0.15, -0.1) is 0 Å². The summed E-state index contributed by atoms with van der Waals surface area (Å²) in [6, 6.07) is 14.8. The molecule has 0 spiro atoms. The fourth-order valence-electron chi connectivity index (χ4n) is 3.00. The summed E-state index contributed by atoms with van der Waals surface area (Å²) in [5.74, 6) is -0.653. The second-order valence-corrected chi connectivity index (χ2v) is 5.87. The molecule has 25 heavy (non-hydrogen) atoms. The van der Waals surface area contributed by atoms with Crippen molar-refractivity contribution in [2.24, 2.45) is 0 Å². The molecule has 6 nitrogen and oxygen atoms in total. The van der Waals surface area contributed by atoms with Crippen LogP contribution in [0.5, 0.6) is 5.75 Å². The SMILES string of the molecule is O=C(O)c1cc2cc3c(cc2oc1=O)N(Cc1ccccc1)CCO3. The number of carboxylic acids is 1. The summed E-state index contributed by atoms with van der Waals surface area (Å²) >= 11 is 0. The number of benzene rings is 2. The zero-order chi connectivity index (χ0) is 17.4. The monoisotopic (exact) mass is 337 g/mol. The van der Waals surface area contributed by atoms with Gasteiger partial charge in [-0.1, -0.05) is 30.3 Å². The van der Waals surface area contributed by atoms with Gasteiger partial charge in [0.2, 0.25) is 0 Å². The van der Waals surface area contributed by atoms with Crippen molar-refractivity contribution in [3.63, 3.8) is 0 Å². The molecule has 1 aliphatic heterocycles. The molecule has 0 saturated carbocycles. The van der Waals surface area contributed by atoms with Gasteiger partial charge in [-0.05, 0) is 17.7 Å². The van der Waals surface area contributed by atoms with Crippen molar-refractivity contribution in [1.82, 2.24) is 0 Å². The lowest BCUT2D eigenvalue weighted by Gasteiger charge is -2.31. The van der Waals surface area contributed by atoms with E-state index in [4.69, 9.17) is 14.3 Å². The highest BCUT2D eigenvalue weighted by Crippen LogP contribution is 2.36. The largest absolute Gasteiger partial charge is 0.490 e. The van der Waals surface area contributed by atoms with Gasteiger partial charge in [0.25, 0.3) is 0 Å². The third-order valence-electron chi connectivity index (χ3n) is 4.22. The van der Waals surface area contributed by atoms with Gasteiger partial charge in [-0.3, -0.25) is 0 Å². The fraction of sp³-hybridized carbons (Fsp3) is 0.158. The summed E-state index contributed by atoms with van der Waals surface area (Å²) in [7, 11) is 0. The smallest absolute Gasteiger partial charge is 0.351 e. The molecular formula is C19H15NO5. The average Bonchev–Trinajstić information content (AvgIpc) is 2.61. The molecule has 2 heterocycles. The molecule has 1 N–H and O–H groups in total. The second kappa shape index (κ2) is 5.98. The van der Waals surface area contributed by atoms with Crippen molar-refractivity contribution >= 4 is 22.6 Å². The van der Waals surface area contributed by atoms with E-state index in [0.717, 1.165) is 11.3 Å². The highest BCUT2D eigenvalue weighted by atomic mass is 16.5. The molecule has 4 rings (SSSR count). The summed E-state index contributed by atoms with van der Waals surface area (Å²) in [5.41, 5.74) is 1.10. The Labute approximate surface area is 142 Å². The molecule has 6 heteroatoms. The van der Waals surface area contributed by atoms with Crippen LogP contribution in [-0.4, -0.2) is 24.2 Å². The first-order valence-corrected chi connectivity index (χ1v) is 7.89. The van der Waals surface area contributed by atoms with Crippen LogP contribution in [0, 0.1) is 0 Å². The van der Waals surface area contributed by atoms with Crippen molar-refractivity contribution in [2.75, 3.05) is 18.1 Å². The molecule has 0 amide bonds. The number of hydrogen-bond acceptors (Lipinski definition) is 5. The van der Waals surface area contributed by atoms with Gasteiger partial charge in [-0.25, -0.2) is 9.59 Å². The van der Waals surface area contributed by atoms with Crippen LogP contribution in [-0.2, 0) is 6.54 Å². The van der Waals surface area contributed by atoms with Crippen LogP contribution in [0.1, 0.15) is 15.9 Å². The Kier molecular flexibility index (Phi) is 3.65. The molecular weight excluding hydrogens is 322 g/mol. The molecule has 0 fully saturated rings. The van der Waals surface area contributed by atoms with Crippen molar-refractivity contribution in [3.05, 3.63) is 70.1 Å². The van der Waals surface area contributed by atoms with E-state index in [1.54, 1.807) is 12.1 Å². The van der Waals surface area contributed by atoms with Crippen molar-refractivity contribution in [2.45, 2.75) is 6.54 Å². The molecule has 2 aromatic carbocycles. The topological polar surface area (TPSA) is 80.0 Å². The number of hydrogen-bond donors (Lipinski definition) is 1. The Balaban J connectivity index is 1.79. The van der Waals surface area contributed by atoms with Crippen LogP contribution < -0.4 is 15.3 Å². The van der Waals surface area contributed by atoms with E-state index in [2.05, 4.69) is 17.0 Å². The van der Waals surface area contributed by atoms with Crippen LogP contribution >= 0.6 is 0 Å². The predicted octanol–water partition coefficient (Wildman–Crippen LogP) is 2.89. The number of rotatable bonds is 3. The van der Waals surface area contributed by atoms with E-state index in [1.807, 2.05) is 18.2 Å². The molecule has 0 unspecified atom stereocenters. The summed E-state index contributed by atoms with van der Waals surface area (Å²) in [6.07, 6.45) is 0. The number of nitrogens with zero attached hydrogens (tertiary/aromatic N) is 1. The van der Waals surface area contributed by atoms with Gasteiger partial charge >= 0.3 is 11.6 Å². The Hall–Kier alpha value is -3.28. The zero-order valence-electron chi connectivity index (χ0n) is 13.3. The van der Waals surface area contributed by atoms with Crippen LogP contribution in [0.2, 0.25) is 0 Å². The Morgan fingerprint density at radius 2 is 1.96 bits per heavy atom. The maximum absolute atomic E-state index is 11.8. The first-order chi connectivity index (χ1) is 12.1. The Morgan fingerprint density at radius 1 is 1.16 bits per heavy atom. The van der Waals surface area contributed by atoms with Gasteiger partial charge in [0.05, 0.1) is 12.2 Å². The van der Waals surface area contributed by atoms with Gasteiger partial charge < -0.3 is 19.2 Å². The quantitative estimate of drug-likeness (QED) is 0.740. The normalized spacial score (nSPS) is 13.4. The standard InChI is InChI=1S/C19H15NO5/c21-18(22)14-8-13-9-17-15(10-16(13)25-19(14)23)20(6-7-24-17)11-12-4-2-1-3-5-12/h1-5,8-10H,6-7,11H2,(H,21,22). The lowest BCUT2D eigenvalue weighted by Crippen LogP contribution is -2.32. The van der Waals surface area contributed by atoms with Gasteiger partial charge in [0, 0.05) is 18.0 Å². The van der Waals surface area contributed by atoms with Crippen molar-refractivity contribution in [3.8, 4) is 5.75 Å². The van der Waals surface area contributed by atoms with Crippen LogP contribution in [0.15, 0.2) is 57.7 Å². The van der Waals surface area contributed by atoms with Crippen LogP contribution in [0.4, 0.5) is 5.69 Å². The maximum Gasteiger partial charge on any atom is 0.351 e. The predicted molar refractivity (Wildman–Crippen MR) is 92.4 cm³/mol. The molecule has 0 bridgehead atoms. The molecule has 126 valence electrons. The van der Waals surface area contributed by atoms with Gasteiger partial charge in [0.1, 0.15) is 23.5 Å². The molecule has 1 aliphatic rings. The van der Waals surface area contributed by atoms with Crippen LogP contribution in [0.3, 0.4) is 0 Å². The molecule has 0 radical (unpaired) electrons. The van der Waals surface area contributed by atoms with Crippen molar-refractivity contribution < 1.29 is 19.1 Å². The number of carbonyl (C=O) groups is 1. The van der Waals surface area contributed by atoms with Crippen molar-refractivity contribution in [1.29, 1.82) is 0 Å². The zero-order valence-corrected chi connectivity index (χ0v) is 13.3. The lowest BCUT2D eigenvalue weighted by molar-refractivity contribution is 0.0692. The molecule has 3 aromatic rings. The maximum atomic E-state index is 11.8. The summed E-state index contributed by atoms with van der Waals surface area (Å²) in [4.78, 5) is 25.1. The van der Waals surface area contributed by atoms with E-state index in [0.29, 0.717) is 36.4 Å². The summed E-state index contributed by atoms with van der Waals surface area (Å²) in [6.45, 7) is 1.96. The fourth-order valence-corrected chi connectivity index (χ4v) is 3.00. The second-order valence-electron chi connectivity index (χ2n) is 5.87. The van der Waals surface area contributed by atoms with E-state index < -0.39 is 11.6 Å². The van der Waals surface area contributed by atoms with Gasteiger partial charge in [0.15, 0.2) is 0 Å². The average molecular weight is 337 g/mol. The molecule has 0 atom stereocenters. The summed E-state index contributed by atoms with van der Waals surface area (Å²) in [5, 5.41) is 9.60. The number of aromatic carboxylic acids is 1. The number of fused-ring (bicyclic) bond motifs is 2. The van der Waals surface area contributed by atoms with E-state index in [-0.39, 0.29) is 5.56 Å².